The SMILES string of the molecule is CC#CC1(F)[C@@H](O)[C@@H](COP(=O)(Oc2ccccc2)O[C@@H](C)C(=O)OC(C)C)O[C@H]1n1ncc(=O)[nH]c1=O. The number of para-hydroxylation sites is 1. The van der Waals surface area contributed by atoms with Gasteiger partial charge in [0.05, 0.1) is 12.7 Å². The van der Waals surface area contributed by atoms with Crippen LogP contribution in [0.4, 0.5) is 4.39 Å². The highest BCUT2D eigenvalue weighted by molar-refractivity contribution is 7.49. The summed E-state index contributed by atoms with van der Waals surface area (Å²) in [4.78, 5) is 37.7. The lowest BCUT2D eigenvalue weighted by molar-refractivity contribution is -0.156. The van der Waals surface area contributed by atoms with E-state index in [9.17, 15) is 24.1 Å². The van der Waals surface area contributed by atoms with Gasteiger partial charge in [-0.2, -0.15) is 9.78 Å². The van der Waals surface area contributed by atoms with Gasteiger partial charge in [-0.05, 0) is 39.8 Å². The number of nitrogens with one attached hydrogen (secondary N) is 1. The summed E-state index contributed by atoms with van der Waals surface area (Å²) < 4.78 is 56.5. The lowest BCUT2D eigenvalue weighted by atomic mass is 9.97. The molecule has 2 N–H and O–H groups in total. The van der Waals surface area contributed by atoms with Crippen molar-refractivity contribution >= 4 is 13.8 Å². The first-order valence-corrected chi connectivity index (χ1v) is 12.9. The topological polar surface area (TPSA) is 168 Å². The fourth-order valence-corrected chi connectivity index (χ4v) is 4.74. The molecule has 206 valence electrons. The summed E-state index contributed by atoms with van der Waals surface area (Å²) in [7, 11) is -4.62. The number of H-pyrrole nitrogens is 1. The number of esters is 1. The number of aliphatic hydroxyl groups is 1. The van der Waals surface area contributed by atoms with E-state index in [4.69, 9.17) is 23.0 Å². The number of aliphatic hydroxyl groups excluding tert-OH is 1. The molecule has 1 aliphatic rings. The Bertz CT molecular complexity index is 1350. The number of hydrogen-bond donors (Lipinski definition) is 2. The van der Waals surface area contributed by atoms with Gasteiger partial charge >= 0.3 is 19.5 Å². The van der Waals surface area contributed by atoms with Crippen molar-refractivity contribution in [2.24, 2.45) is 0 Å². The highest BCUT2D eigenvalue weighted by Crippen LogP contribution is 2.52. The Hall–Kier alpha value is -3.34. The van der Waals surface area contributed by atoms with E-state index < -0.39 is 68.0 Å². The Balaban J connectivity index is 1.86. The second-order valence-corrected chi connectivity index (χ2v) is 9.92. The Labute approximate surface area is 216 Å². The molecule has 2 heterocycles. The van der Waals surface area contributed by atoms with Crippen LogP contribution in [0, 0.1) is 11.8 Å². The van der Waals surface area contributed by atoms with Crippen molar-refractivity contribution in [2.45, 2.75) is 64.0 Å². The summed E-state index contributed by atoms with van der Waals surface area (Å²) in [6, 6.07) is 7.74. The van der Waals surface area contributed by atoms with Gasteiger partial charge in [-0.1, -0.05) is 24.1 Å². The van der Waals surface area contributed by atoms with Crippen molar-refractivity contribution in [1.29, 1.82) is 0 Å². The predicted octanol–water partition coefficient (Wildman–Crippen LogP) is 1.48. The molecule has 0 aliphatic carbocycles. The monoisotopic (exact) mass is 555 g/mol. The third-order valence-corrected chi connectivity index (χ3v) is 6.52. The lowest BCUT2D eigenvalue weighted by Gasteiger charge is -2.24. The smallest absolute Gasteiger partial charge is 0.461 e. The minimum atomic E-state index is -4.62. The number of aromatic nitrogens is 3. The molecule has 0 amide bonds. The van der Waals surface area contributed by atoms with Gasteiger partial charge in [0, 0.05) is 0 Å². The fraction of sp³-hybridized carbons (Fsp3) is 0.478. The Morgan fingerprint density at radius 3 is 2.61 bits per heavy atom. The summed E-state index contributed by atoms with van der Waals surface area (Å²) in [6.07, 6.45) is -6.67. The largest absolute Gasteiger partial charge is 0.530 e. The van der Waals surface area contributed by atoms with Gasteiger partial charge in [-0.25, -0.2) is 18.5 Å². The molecule has 6 atom stereocenters. The molecule has 1 saturated heterocycles. The van der Waals surface area contributed by atoms with Crippen LogP contribution in [0.15, 0.2) is 46.1 Å². The van der Waals surface area contributed by atoms with Gasteiger partial charge in [0.25, 0.3) is 5.56 Å². The number of benzene rings is 1. The van der Waals surface area contributed by atoms with Gasteiger partial charge in [-0.3, -0.25) is 18.8 Å². The van der Waals surface area contributed by atoms with Gasteiger partial charge in [-0.15, -0.1) is 5.92 Å². The minimum absolute atomic E-state index is 0.0618. The zero-order valence-electron chi connectivity index (χ0n) is 20.9. The number of phosphoric ester groups is 1. The number of halogens is 1. The van der Waals surface area contributed by atoms with E-state index in [1.807, 2.05) is 4.98 Å². The van der Waals surface area contributed by atoms with Crippen molar-refractivity contribution < 1.29 is 41.9 Å². The molecular formula is C23H27FN3O10P. The summed E-state index contributed by atoms with van der Waals surface area (Å²) in [5.41, 5.74) is -4.83. The standard InChI is InChI=1S/C23H27FN3O10P/c1-5-11-23(24)19(29)17(35-21(23)27-22(31)26-18(28)12-25-27)13-33-38(32,37-16-9-7-6-8-10-16)36-15(4)20(30)34-14(2)3/h6-10,12,14-15,17,19,21,29H,13H2,1-4H3,(H,26,28,31)/t15-,17+,19-,21+,23?,38?/m0/s1. The van der Waals surface area contributed by atoms with Gasteiger partial charge in [0.15, 0.2) is 6.10 Å². The molecule has 13 nitrogen and oxygen atoms in total. The number of carbonyl (C=O) groups is 1. The maximum atomic E-state index is 15.9. The minimum Gasteiger partial charge on any atom is -0.461 e. The van der Waals surface area contributed by atoms with Crippen molar-refractivity contribution in [3.63, 3.8) is 0 Å². The van der Waals surface area contributed by atoms with Crippen LogP contribution in [0.1, 0.15) is 33.9 Å². The van der Waals surface area contributed by atoms with E-state index in [0.717, 1.165) is 0 Å². The number of hydrogen-bond acceptors (Lipinski definition) is 11. The number of nitrogens with zero attached hydrogens (tertiary/aromatic N) is 2. The maximum absolute atomic E-state index is 15.9. The van der Waals surface area contributed by atoms with Crippen molar-refractivity contribution in [3.05, 3.63) is 57.4 Å². The molecule has 1 aromatic carbocycles. The maximum Gasteiger partial charge on any atom is 0.530 e. The molecule has 15 heteroatoms. The second kappa shape index (κ2) is 12.0. The average Bonchev–Trinajstić information content (AvgIpc) is 3.08. The van der Waals surface area contributed by atoms with Crippen LogP contribution in [-0.4, -0.2) is 62.5 Å². The van der Waals surface area contributed by atoms with E-state index >= 15 is 4.39 Å². The Morgan fingerprint density at radius 1 is 1.32 bits per heavy atom. The first-order valence-electron chi connectivity index (χ1n) is 11.4. The Kier molecular flexibility index (Phi) is 9.24. The molecule has 1 aromatic heterocycles. The normalized spacial score (nSPS) is 25.2. The van der Waals surface area contributed by atoms with E-state index in [1.165, 1.54) is 26.0 Å². The molecule has 1 aliphatic heterocycles. The third-order valence-electron chi connectivity index (χ3n) is 5.05. The second-order valence-electron chi connectivity index (χ2n) is 8.38. The summed E-state index contributed by atoms with van der Waals surface area (Å²) in [5.74, 6) is 3.69. The van der Waals surface area contributed by atoms with Gasteiger partial charge in [0.1, 0.15) is 24.2 Å². The zero-order valence-corrected chi connectivity index (χ0v) is 21.8. The van der Waals surface area contributed by atoms with E-state index in [-0.39, 0.29) is 5.75 Å². The van der Waals surface area contributed by atoms with Crippen LogP contribution in [0.3, 0.4) is 0 Å². The molecular weight excluding hydrogens is 528 g/mol. The molecule has 1 fully saturated rings. The van der Waals surface area contributed by atoms with E-state index in [0.29, 0.717) is 10.9 Å². The van der Waals surface area contributed by atoms with Crippen LogP contribution < -0.4 is 15.8 Å². The molecule has 2 aromatic rings. The molecule has 0 spiro atoms. The van der Waals surface area contributed by atoms with Crippen LogP contribution >= 0.6 is 7.82 Å². The first kappa shape index (κ1) is 29.2. The molecule has 0 saturated carbocycles. The predicted molar refractivity (Wildman–Crippen MR) is 129 cm³/mol. The van der Waals surface area contributed by atoms with Gasteiger partial charge in [0.2, 0.25) is 11.9 Å². The van der Waals surface area contributed by atoms with Crippen LogP contribution in [-0.2, 0) is 27.9 Å². The van der Waals surface area contributed by atoms with Crippen molar-refractivity contribution in [1.82, 2.24) is 14.8 Å². The molecule has 3 rings (SSSR count). The number of rotatable bonds is 10. The molecule has 0 radical (unpaired) electrons. The summed E-state index contributed by atoms with van der Waals surface area (Å²) in [5, 5.41) is 14.3. The van der Waals surface area contributed by atoms with Gasteiger partial charge < -0.3 is 19.1 Å². The quantitative estimate of drug-likeness (QED) is 0.247. The fourth-order valence-electron chi connectivity index (χ4n) is 3.40. The van der Waals surface area contributed by atoms with Crippen molar-refractivity contribution in [3.8, 4) is 17.6 Å². The number of ether oxygens (including phenoxy) is 2. The zero-order chi connectivity index (χ0) is 28.1. The van der Waals surface area contributed by atoms with E-state index in [1.54, 1.807) is 32.0 Å². The molecule has 38 heavy (non-hydrogen) atoms. The van der Waals surface area contributed by atoms with Crippen LogP contribution in [0.25, 0.3) is 0 Å². The number of carbonyl (C=O) groups excluding carboxylic acids is 1. The first-order chi connectivity index (χ1) is 17.9. The number of alkyl halides is 1. The lowest BCUT2D eigenvalue weighted by Crippen LogP contribution is -2.46. The van der Waals surface area contributed by atoms with E-state index in [2.05, 4.69) is 16.9 Å². The summed E-state index contributed by atoms with van der Waals surface area (Å²) in [6.45, 7) is 5.00. The summed E-state index contributed by atoms with van der Waals surface area (Å²) >= 11 is 0. The van der Waals surface area contributed by atoms with Crippen molar-refractivity contribution in [2.75, 3.05) is 6.61 Å². The van der Waals surface area contributed by atoms with Crippen LogP contribution in [0.5, 0.6) is 5.75 Å². The third kappa shape index (κ3) is 6.75. The highest BCUT2D eigenvalue weighted by Gasteiger charge is 2.59. The highest BCUT2D eigenvalue weighted by atomic mass is 31.2. The molecule has 2 unspecified atom stereocenters. The average molecular weight is 555 g/mol. The number of phosphoric acid groups is 1. The van der Waals surface area contributed by atoms with Crippen LogP contribution in [0.2, 0.25) is 0 Å². The number of aromatic amines is 1. The molecule has 0 bridgehead atoms. The Morgan fingerprint density at radius 2 is 2.00 bits per heavy atom.